The number of carbonyl (C=O) groups excluding carboxylic acids is 2. The molecule has 7 nitrogen and oxygen atoms in total. The molecule has 27 heavy (non-hydrogen) atoms. The van der Waals surface area contributed by atoms with Crippen LogP contribution in [0.4, 0.5) is 0 Å². The van der Waals surface area contributed by atoms with Crippen molar-refractivity contribution < 1.29 is 19.1 Å². The quantitative estimate of drug-likeness (QED) is 0.379. The standard InChI is InChI=1S/C20H19N3O4/c1-13(2)20(25)26-11-10-19(24)27-18-9-8-14(3)12-17(18)23-21-15-6-4-5-7-16(15)22-23/h4-9,12H,1,10-11H2,2-3H3. The normalized spacial score (nSPS) is 10.6. The smallest absolute Gasteiger partial charge is 0.333 e. The van der Waals surface area contributed by atoms with Crippen LogP contribution in [0.15, 0.2) is 54.6 Å². The fourth-order valence-corrected chi connectivity index (χ4v) is 2.36. The van der Waals surface area contributed by atoms with Gasteiger partial charge in [-0.3, -0.25) is 4.79 Å². The molecule has 0 aliphatic heterocycles. The maximum Gasteiger partial charge on any atom is 0.333 e. The molecule has 0 bridgehead atoms. The van der Waals surface area contributed by atoms with Gasteiger partial charge in [-0.05, 0) is 43.7 Å². The number of ether oxygens (including phenoxy) is 2. The maximum absolute atomic E-state index is 12.1. The summed E-state index contributed by atoms with van der Waals surface area (Å²) in [5.74, 6) is -0.727. The highest BCUT2D eigenvalue weighted by Crippen LogP contribution is 2.24. The fraction of sp³-hybridized carbons (Fsp3) is 0.200. The van der Waals surface area contributed by atoms with Crippen molar-refractivity contribution >= 4 is 23.0 Å². The zero-order chi connectivity index (χ0) is 19.4. The molecule has 3 aromatic rings. The second-order valence-corrected chi connectivity index (χ2v) is 6.09. The summed E-state index contributed by atoms with van der Waals surface area (Å²) in [5.41, 5.74) is 3.28. The molecule has 0 fully saturated rings. The molecule has 0 atom stereocenters. The van der Waals surface area contributed by atoms with Gasteiger partial charge in [-0.2, -0.15) is 0 Å². The van der Waals surface area contributed by atoms with Crippen LogP contribution in [0.5, 0.6) is 5.75 Å². The lowest BCUT2D eigenvalue weighted by molar-refractivity contribution is -0.142. The van der Waals surface area contributed by atoms with Crippen molar-refractivity contribution in [3.63, 3.8) is 0 Å². The van der Waals surface area contributed by atoms with Gasteiger partial charge >= 0.3 is 11.9 Å². The van der Waals surface area contributed by atoms with Gasteiger partial charge in [0.25, 0.3) is 0 Å². The molecule has 1 heterocycles. The highest BCUT2D eigenvalue weighted by atomic mass is 16.5. The molecular weight excluding hydrogens is 346 g/mol. The molecule has 138 valence electrons. The summed E-state index contributed by atoms with van der Waals surface area (Å²) in [6, 6.07) is 12.8. The highest BCUT2D eigenvalue weighted by Gasteiger charge is 2.15. The summed E-state index contributed by atoms with van der Waals surface area (Å²) in [6.07, 6.45) is -0.0686. The van der Waals surface area contributed by atoms with E-state index >= 15 is 0 Å². The number of hydrogen-bond donors (Lipinski definition) is 0. The molecule has 1 aromatic heterocycles. The number of carbonyl (C=O) groups is 2. The van der Waals surface area contributed by atoms with Crippen molar-refractivity contribution in [3.8, 4) is 11.4 Å². The van der Waals surface area contributed by atoms with E-state index in [2.05, 4.69) is 16.8 Å². The molecule has 2 aromatic carbocycles. The Morgan fingerprint density at radius 1 is 1.11 bits per heavy atom. The largest absolute Gasteiger partial charge is 0.462 e. The second-order valence-electron chi connectivity index (χ2n) is 6.09. The summed E-state index contributed by atoms with van der Waals surface area (Å²) < 4.78 is 10.4. The van der Waals surface area contributed by atoms with E-state index in [1.54, 1.807) is 13.0 Å². The second kappa shape index (κ2) is 7.82. The molecule has 0 amide bonds. The molecule has 0 radical (unpaired) electrons. The highest BCUT2D eigenvalue weighted by molar-refractivity contribution is 5.87. The third-order valence-corrected chi connectivity index (χ3v) is 3.73. The zero-order valence-corrected chi connectivity index (χ0v) is 15.1. The zero-order valence-electron chi connectivity index (χ0n) is 15.1. The van der Waals surface area contributed by atoms with Gasteiger partial charge in [-0.1, -0.05) is 24.8 Å². The van der Waals surface area contributed by atoms with Gasteiger partial charge in [0.05, 0.1) is 6.42 Å². The van der Waals surface area contributed by atoms with Crippen LogP contribution in [0, 0.1) is 6.92 Å². The number of benzene rings is 2. The van der Waals surface area contributed by atoms with E-state index in [4.69, 9.17) is 9.47 Å². The van der Waals surface area contributed by atoms with Crippen molar-refractivity contribution in [1.82, 2.24) is 15.0 Å². The van der Waals surface area contributed by atoms with E-state index in [1.807, 2.05) is 43.3 Å². The van der Waals surface area contributed by atoms with Crippen LogP contribution in [0.1, 0.15) is 18.9 Å². The molecule has 0 saturated heterocycles. The summed E-state index contributed by atoms with van der Waals surface area (Å²) in [7, 11) is 0. The van der Waals surface area contributed by atoms with Crippen LogP contribution >= 0.6 is 0 Å². The van der Waals surface area contributed by atoms with Gasteiger partial charge in [0.2, 0.25) is 0 Å². The number of nitrogens with zero attached hydrogens (tertiary/aromatic N) is 3. The Morgan fingerprint density at radius 2 is 1.78 bits per heavy atom. The van der Waals surface area contributed by atoms with E-state index in [0.717, 1.165) is 16.6 Å². The van der Waals surface area contributed by atoms with E-state index in [0.29, 0.717) is 11.4 Å². The molecule has 3 rings (SSSR count). The van der Waals surface area contributed by atoms with Gasteiger partial charge in [-0.15, -0.1) is 15.0 Å². The van der Waals surface area contributed by atoms with Gasteiger partial charge < -0.3 is 9.47 Å². The Labute approximate surface area is 156 Å². The Kier molecular flexibility index (Phi) is 5.30. The molecule has 0 aliphatic rings. The number of hydrogen-bond acceptors (Lipinski definition) is 6. The van der Waals surface area contributed by atoms with Crippen molar-refractivity contribution in [2.45, 2.75) is 20.3 Å². The van der Waals surface area contributed by atoms with E-state index < -0.39 is 11.9 Å². The van der Waals surface area contributed by atoms with Crippen LogP contribution in [-0.2, 0) is 14.3 Å². The molecule has 0 unspecified atom stereocenters. The van der Waals surface area contributed by atoms with E-state index in [9.17, 15) is 9.59 Å². The van der Waals surface area contributed by atoms with Crippen molar-refractivity contribution in [1.29, 1.82) is 0 Å². The number of rotatable bonds is 6. The first-order valence-corrected chi connectivity index (χ1v) is 8.40. The first kappa shape index (κ1) is 18.3. The molecule has 0 aliphatic carbocycles. The summed E-state index contributed by atoms with van der Waals surface area (Å²) in [6.45, 7) is 6.88. The Morgan fingerprint density at radius 3 is 2.41 bits per heavy atom. The average molecular weight is 365 g/mol. The van der Waals surface area contributed by atoms with Crippen LogP contribution in [0.2, 0.25) is 0 Å². The predicted molar refractivity (Wildman–Crippen MR) is 99.6 cm³/mol. The van der Waals surface area contributed by atoms with Crippen LogP contribution in [0.25, 0.3) is 16.7 Å². The third kappa shape index (κ3) is 4.38. The summed E-state index contributed by atoms with van der Waals surface area (Å²) in [5, 5.41) is 8.86. The number of aryl methyl sites for hydroxylation is 1. The minimum absolute atomic E-state index is 0.0686. The van der Waals surface area contributed by atoms with Crippen molar-refractivity contribution in [2.24, 2.45) is 0 Å². The fourth-order valence-electron chi connectivity index (χ4n) is 2.36. The van der Waals surface area contributed by atoms with Gasteiger partial charge in [-0.25, -0.2) is 4.79 Å². The average Bonchev–Trinajstić information content (AvgIpc) is 3.07. The van der Waals surface area contributed by atoms with Gasteiger partial charge in [0.15, 0.2) is 5.75 Å². The molecule has 7 heteroatoms. The lowest BCUT2D eigenvalue weighted by Crippen LogP contribution is -2.15. The maximum atomic E-state index is 12.1. The molecular formula is C20H19N3O4. The number of fused-ring (bicyclic) bond motifs is 1. The lowest BCUT2D eigenvalue weighted by Gasteiger charge is -2.10. The monoisotopic (exact) mass is 365 g/mol. The lowest BCUT2D eigenvalue weighted by atomic mass is 10.2. The summed E-state index contributed by atoms with van der Waals surface area (Å²) >= 11 is 0. The van der Waals surface area contributed by atoms with Crippen LogP contribution in [-0.4, -0.2) is 33.5 Å². The Hall–Kier alpha value is -3.48. The Bertz CT molecular complexity index is 990. The Balaban J connectivity index is 1.77. The van der Waals surface area contributed by atoms with Crippen LogP contribution in [0.3, 0.4) is 0 Å². The van der Waals surface area contributed by atoms with Crippen LogP contribution < -0.4 is 4.74 Å². The third-order valence-electron chi connectivity index (χ3n) is 3.73. The first-order chi connectivity index (χ1) is 12.9. The SMILES string of the molecule is C=C(C)C(=O)OCCC(=O)Oc1ccc(C)cc1-n1nc2ccccc2n1. The minimum atomic E-state index is -0.536. The molecule has 0 saturated carbocycles. The minimum Gasteiger partial charge on any atom is -0.462 e. The number of esters is 2. The van der Waals surface area contributed by atoms with Crippen molar-refractivity contribution in [3.05, 3.63) is 60.2 Å². The van der Waals surface area contributed by atoms with E-state index in [1.165, 1.54) is 4.80 Å². The molecule has 0 N–H and O–H groups in total. The van der Waals surface area contributed by atoms with Crippen molar-refractivity contribution in [2.75, 3.05) is 6.61 Å². The predicted octanol–water partition coefficient (Wildman–Crippen LogP) is 3.14. The van der Waals surface area contributed by atoms with Gasteiger partial charge in [0.1, 0.15) is 23.3 Å². The summed E-state index contributed by atoms with van der Waals surface area (Å²) in [4.78, 5) is 24.9. The van der Waals surface area contributed by atoms with Gasteiger partial charge in [0, 0.05) is 5.57 Å². The topological polar surface area (TPSA) is 83.3 Å². The van der Waals surface area contributed by atoms with E-state index in [-0.39, 0.29) is 18.6 Å². The number of aromatic nitrogens is 3. The first-order valence-electron chi connectivity index (χ1n) is 8.40. The molecule has 0 spiro atoms.